The second kappa shape index (κ2) is 4.85. The van der Waals surface area contributed by atoms with E-state index in [1.165, 1.54) is 24.8 Å². The van der Waals surface area contributed by atoms with Crippen LogP contribution in [0.25, 0.3) is 0 Å². The fourth-order valence-electron chi connectivity index (χ4n) is 3.22. The number of hydrogen-bond donors (Lipinski definition) is 0. The van der Waals surface area contributed by atoms with E-state index in [4.69, 9.17) is 0 Å². The monoisotopic (exact) mass is 243 g/mol. The highest BCUT2D eigenvalue weighted by molar-refractivity contribution is 5.81. The molecule has 1 heterocycles. The molecular weight excluding hydrogens is 222 g/mol. The van der Waals surface area contributed by atoms with Gasteiger partial charge in [-0.05, 0) is 36.0 Å². The van der Waals surface area contributed by atoms with Gasteiger partial charge in [-0.1, -0.05) is 25.1 Å². The molecule has 1 fully saturated rings. The molecule has 18 heavy (non-hydrogen) atoms. The van der Waals surface area contributed by atoms with Crippen molar-refractivity contribution >= 4 is 5.78 Å². The van der Waals surface area contributed by atoms with Gasteiger partial charge in [0.15, 0.2) is 0 Å². The zero-order chi connectivity index (χ0) is 12.5. The fraction of sp³-hybridized carbons (Fsp3) is 0.562. The van der Waals surface area contributed by atoms with Crippen molar-refractivity contribution < 1.29 is 4.79 Å². The molecule has 1 unspecified atom stereocenters. The second-order valence-electron chi connectivity index (χ2n) is 5.81. The van der Waals surface area contributed by atoms with Gasteiger partial charge in [-0.3, -0.25) is 9.69 Å². The zero-order valence-electron chi connectivity index (χ0n) is 11.1. The number of fused-ring (bicyclic) bond motifs is 1. The fourth-order valence-corrected chi connectivity index (χ4v) is 3.22. The molecule has 96 valence electrons. The molecule has 1 atom stereocenters. The molecule has 0 aromatic heterocycles. The summed E-state index contributed by atoms with van der Waals surface area (Å²) in [6, 6.07) is 6.95. The molecule has 3 rings (SSSR count). The van der Waals surface area contributed by atoms with Crippen molar-refractivity contribution in [1.82, 2.24) is 4.90 Å². The average Bonchev–Trinajstić information content (AvgIpc) is 2.81. The molecule has 2 heteroatoms. The van der Waals surface area contributed by atoms with Gasteiger partial charge in [0.2, 0.25) is 0 Å². The predicted octanol–water partition coefficient (Wildman–Crippen LogP) is 2.59. The van der Waals surface area contributed by atoms with E-state index in [0.717, 1.165) is 26.1 Å². The van der Waals surface area contributed by atoms with Crippen molar-refractivity contribution in [3.8, 4) is 0 Å². The van der Waals surface area contributed by atoms with Crippen molar-refractivity contribution in [3.63, 3.8) is 0 Å². The van der Waals surface area contributed by atoms with Crippen LogP contribution >= 0.6 is 0 Å². The number of hydrogen-bond acceptors (Lipinski definition) is 2. The maximum absolute atomic E-state index is 11.5. The van der Waals surface area contributed by atoms with Gasteiger partial charge in [-0.25, -0.2) is 0 Å². The molecule has 0 N–H and O–H groups in total. The van der Waals surface area contributed by atoms with Gasteiger partial charge >= 0.3 is 0 Å². The van der Waals surface area contributed by atoms with Crippen molar-refractivity contribution in [2.45, 2.75) is 39.2 Å². The Labute approximate surface area is 109 Å². The summed E-state index contributed by atoms with van der Waals surface area (Å²) in [5, 5.41) is 0. The highest BCUT2D eigenvalue weighted by Gasteiger charge is 2.23. The summed E-state index contributed by atoms with van der Waals surface area (Å²) < 4.78 is 0. The summed E-state index contributed by atoms with van der Waals surface area (Å²) >= 11 is 0. The molecule has 1 aliphatic heterocycles. The standard InChI is InChI=1S/C16H21NO/c1-12-10-17(8-7-16(12)18)11-13-5-6-14-3-2-4-15(14)9-13/h5-6,9,12H,2-4,7-8,10-11H2,1H3. The first-order chi connectivity index (χ1) is 8.72. The van der Waals surface area contributed by atoms with Gasteiger partial charge in [0, 0.05) is 32.0 Å². The Morgan fingerprint density at radius 2 is 2.06 bits per heavy atom. The number of benzene rings is 1. The van der Waals surface area contributed by atoms with Crippen molar-refractivity contribution in [2.75, 3.05) is 13.1 Å². The van der Waals surface area contributed by atoms with Crippen LogP contribution in [-0.2, 0) is 24.2 Å². The third kappa shape index (κ3) is 2.35. The summed E-state index contributed by atoms with van der Waals surface area (Å²) in [5.74, 6) is 0.647. The van der Waals surface area contributed by atoms with Crippen LogP contribution in [0.3, 0.4) is 0 Å². The number of ketones is 1. The second-order valence-corrected chi connectivity index (χ2v) is 5.81. The van der Waals surface area contributed by atoms with E-state index in [9.17, 15) is 4.79 Å². The first-order valence-electron chi connectivity index (χ1n) is 7.08. The van der Waals surface area contributed by atoms with Crippen LogP contribution in [0.4, 0.5) is 0 Å². The van der Waals surface area contributed by atoms with Crippen LogP contribution in [0.15, 0.2) is 18.2 Å². The number of rotatable bonds is 2. The van der Waals surface area contributed by atoms with Gasteiger partial charge in [0.05, 0.1) is 0 Å². The Morgan fingerprint density at radius 1 is 1.22 bits per heavy atom. The molecule has 1 aliphatic carbocycles. The minimum Gasteiger partial charge on any atom is -0.299 e. The molecule has 2 aliphatic rings. The Balaban J connectivity index is 1.68. The van der Waals surface area contributed by atoms with E-state index in [1.54, 1.807) is 11.1 Å². The van der Waals surface area contributed by atoms with Crippen LogP contribution in [0, 0.1) is 5.92 Å². The predicted molar refractivity (Wildman–Crippen MR) is 72.5 cm³/mol. The summed E-state index contributed by atoms with van der Waals surface area (Å²) in [4.78, 5) is 13.9. The molecule has 1 aromatic rings. The number of nitrogens with zero attached hydrogens (tertiary/aromatic N) is 1. The molecule has 0 spiro atoms. The molecule has 0 amide bonds. The maximum atomic E-state index is 11.5. The number of Topliss-reactive ketones (excluding diaryl/α,β-unsaturated/α-hetero) is 1. The van der Waals surface area contributed by atoms with Gasteiger partial charge < -0.3 is 0 Å². The average molecular weight is 243 g/mol. The number of aryl methyl sites for hydroxylation is 2. The maximum Gasteiger partial charge on any atom is 0.138 e. The van der Waals surface area contributed by atoms with Crippen molar-refractivity contribution in [3.05, 3.63) is 34.9 Å². The molecular formula is C16H21NO. The number of carbonyl (C=O) groups is 1. The zero-order valence-corrected chi connectivity index (χ0v) is 11.1. The molecule has 2 nitrogen and oxygen atoms in total. The summed E-state index contributed by atoms with van der Waals surface area (Å²) in [7, 11) is 0. The lowest BCUT2D eigenvalue weighted by molar-refractivity contribution is -0.125. The minimum absolute atomic E-state index is 0.216. The number of likely N-dealkylation sites (tertiary alicyclic amines) is 1. The highest BCUT2D eigenvalue weighted by atomic mass is 16.1. The normalized spacial score (nSPS) is 24.3. The summed E-state index contributed by atoms with van der Waals surface area (Å²) in [6.45, 7) is 4.91. The van der Waals surface area contributed by atoms with E-state index >= 15 is 0 Å². The van der Waals surface area contributed by atoms with E-state index < -0.39 is 0 Å². The van der Waals surface area contributed by atoms with Gasteiger partial charge in [0.1, 0.15) is 5.78 Å². The lowest BCUT2D eigenvalue weighted by Crippen LogP contribution is -2.39. The highest BCUT2D eigenvalue weighted by Crippen LogP contribution is 2.24. The topological polar surface area (TPSA) is 20.3 Å². The quantitative estimate of drug-likeness (QED) is 0.795. The van der Waals surface area contributed by atoms with Crippen molar-refractivity contribution in [2.24, 2.45) is 5.92 Å². The Kier molecular flexibility index (Phi) is 3.21. The first-order valence-corrected chi connectivity index (χ1v) is 7.08. The van der Waals surface area contributed by atoms with E-state index in [2.05, 4.69) is 30.0 Å². The summed E-state index contributed by atoms with van der Waals surface area (Å²) in [5.41, 5.74) is 4.51. The van der Waals surface area contributed by atoms with Crippen LogP contribution in [0.1, 0.15) is 36.5 Å². The molecule has 0 saturated carbocycles. The van der Waals surface area contributed by atoms with Crippen LogP contribution < -0.4 is 0 Å². The Morgan fingerprint density at radius 3 is 2.89 bits per heavy atom. The number of carbonyl (C=O) groups excluding carboxylic acids is 1. The Bertz CT molecular complexity index is 466. The van der Waals surface area contributed by atoms with Gasteiger partial charge in [0.25, 0.3) is 0 Å². The van der Waals surface area contributed by atoms with Crippen LogP contribution in [0.2, 0.25) is 0 Å². The molecule has 0 bridgehead atoms. The van der Waals surface area contributed by atoms with Gasteiger partial charge in [-0.2, -0.15) is 0 Å². The summed E-state index contributed by atoms with van der Waals surface area (Å²) in [6.07, 6.45) is 4.54. The first kappa shape index (κ1) is 11.9. The SMILES string of the molecule is CC1CN(Cc2ccc3c(c2)CCC3)CCC1=O. The lowest BCUT2D eigenvalue weighted by Gasteiger charge is -2.30. The Hall–Kier alpha value is -1.15. The minimum atomic E-state index is 0.216. The molecule has 1 aromatic carbocycles. The van der Waals surface area contributed by atoms with Gasteiger partial charge in [-0.15, -0.1) is 0 Å². The molecule has 0 radical (unpaired) electrons. The third-order valence-electron chi connectivity index (χ3n) is 4.33. The largest absolute Gasteiger partial charge is 0.299 e. The van der Waals surface area contributed by atoms with Crippen LogP contribution in [0.5, 0.6) is 0 Å². The lowest BCUT2D eigenvalue weighted by atomic mass is 9.98. The van der Waals surface area contributed by atoms with E-state index in [1.807, 2.05) is 0 Å². The van der Waals surface area contributed by atoms with Crippen molar-refractivity contribution in [1.29, 1.82) is 0 Å². The number of piperidine rings is 1. The van der Waals surface area contributed by atoms with Crippen LogP contribution in [-0.4, -0.2) is 23.8 Å². The molecule has 1 saturated heterocycles. The van der Waals surface area contributed by atoms with E-state index in [-0.39, 0.29) is 5.92 Å². The smallest absolute Gasteiger partial charge is 0.138 e. The third-order valence-corrected chi connectivity index (χ3v) is 4.33. The van der Waals surface area contributed by atoms with E-state index in [0.29, 0.717) is 5.78 Å².